The predicted molar refractivity (Wildman–Crippen MR) is 110 cm³/mol. The van der Waals surface area contributed by atoms with Crippen LogP contribution in [0.5, 0.6) is 5.75 Å². The van der Waals surface area contributed by atoms with Crippen molar-refractivity contribution in [1.29, 1.82) is 0 Å². The summed E-state index contributed by atoms with van der Waals surface area (Å²) in [5.74, 6) is 0.0809. The van der Waals surface area contributed by atoms with Crippen molar-refractivity contribution in [2.75, 3.05) is 0 Å². The highest BCUT2D eigenvalue weighted by Gasteiger charge is 2.36. The van der Waals surface area contributed by atoms with Crippen LogP contribution >= 0.6 is 0 Å². The van der Waals surface area contributed by atoms with Crippen molar-refractivity contribution in [1.82, 2.24) is 0 Å². The Morgan fingerprint density at radius 3 is 1.56 bits per heavy atom. The minimum atomic E-state index is -1.45. The van der Waals surface area contributed by atoms with E-state index in [0.717, 1.165) is 33.0 Å². The molecule has 0 heterocycles. The van der Waals surface area contributed by atoms with Crippen molar-refractivity contribution >= 4 is 10.8 Å². The third-order valence-corrected chi connectivity index (χ3v) is 5.19. The maximum absolute atomic E-state index is 12.0. The molecule has 0 aliphatic heterocycles. The number of hydrogen-bond acceptors (Lipinski definition) is 2. The molecule has 0 radical (unpaired) electrons. The zero-order valence-corrected chi connectivity index (χ0v) is 15.5. The number of aryl methyl sites for hydroxylation is 2. The van der Waals surface area contributed by atoms with E-state index in [-0.39, 0.29) is 5.75 Å². The molecule has 0 unspecified atom stereocenters. The fourth-order valence-electron chi connectivity index (χ4n) is 3.59. The molecule has 4 aromatic rings. The third kappa shape index (κ3) is 2.98. The van der Waals surface area contributed by atoms with Gasteiger partial charge in [-0.3, -0.25) is 0 Å². The summed E-state index contributed by atoms with van der Waals surface area (Å²) in [6.07, 6.45) is 0. The van der Waals surface area contributed by atoms with Crippen molar-refractivity contribution < 1.29 is 10.2 Å². The molecule has 2 heteroatoms. The highest BCUT2D eigenvalue weighted by atomic mass is 16.3. The lowest BCUT2D eigenvalue weighted by molar-refractivity contribution is 0.122. The van der Waals surface area contributed by atoms with Crippen LogP contribution in [0, 0.1) is 13.8 Å². The fraction of sp³-hybridized carbons (Fsp3) is 0.120. The van der Waals surface area contributed by atoms with E-state index in [1.807, 2.05) is 92.7 Å². The Bertz CT molecular complexity index is 1050. The molecule has 4 rings (SSSR count). The second-order valence-corrected chi connectivity index (χ2v) is 7.16. The van der Waals surface area contributed by atoms with Gasteiger partial charge in [0.15, 0.2) is 0 Å². The topological polar surface area (TPSA) is 40.5 Å². The van der Waals surface area contributed by atoms with Crippen LogP contribution in [0.2, 0.25) is 0 Å². The van der Waals surface area contributed by atoms with Gasteiger partial charge in [-0.15, -0.1) is 0 Å². The van der Waals surface area contributed by atoms with Gasteiger partial charge in [0.25, 0.3) is 0 Å². The largest absolute Gasteiger partial charge is 0.508 e. The maximum Gasteiger partial charge on any atom is 0.144 e. The molecule has 2 N–H and O–H groups in total. The molecule has 27 heavy (non-hydrogen) atoms. The standard InChI is InChI=1S/C25H22O2/c1-17-7-11-21(12-8-17)25(27,22-13-9-18(2)10-14-22)23-15-19-5-3-4-6-20(19)16-24(23)26/h3-16,26-27H,1-2H3. The van der Waals surface area contributed by atoms with Gasteiger partial charge in [0.05, 0.1) is 0 Å². The Morgan fingerprint density at radius 2 is 1.07 bits per heavy atom. The molecule has 2 nitrogen and oxygen atoms in total. The minimum absolute atomic E-state index is 0.0809. The zero-order valence-electron chi connectivity index (χ0n) is 15.5. The van der Waals surface area contributed by atoms with E-state index in [4.69, 9.17) is 0 Å². The van der Waals surface area contributed by atoms with E-state index in [0.29, 0.717) is 5.56 Å². The van der Waals surface area contributed by atoms with Crippen molar-refractivity contribution in [3.8, 4) is 5.75 Å². The number of fused-ring (bicyclic) bond motifs is 1. The third-order valence-electron chi connectivity index (χ3n) is 5.19. The number of phenolic OH excluding ortho intramolecular Hbond substituents is 1. The van der Waals surface area contributed by atoms with E-state index in [1.165, 1.54) is 0 Å². The molecule has 0 bridgehead atoms. The first-order valence-electron chi connectivity index (χ1n) is 9.07. The maximum atomic E-state index is 12.0. The molecule has 0 atom stereocenters. The SMILES string of the molecule is Cc1ccc(C(O)(c2ccc(C)cc2)c2cc3ccccc3cc2O)cc1. The number of rotatable bonds is 3. The summed E-state index contributed by atoms with van der Waals surface area (Å²) < 4.78 is 0. The van der Waals surface area contributed by atoms with Crippen molar-refractivity contribution in [3.63, 3.8) is 0 Å². The molecule has 0 saturated carbocycles. The molecule has 0 fully saturated rings. The van der Waals surface area contributed by atoms with Crippen LogP contribution in [0.1, 0.15) is 27.8 Å². The van der Waals surface area contributed by atoms with Gasteiger partial charge >= 0.3 is 0 Å². The van der Waals surface area contributed by atoms with Gasteiger partial charge < -0.3 is 10.2 Å². The van der Waals surface area contributed by atoms with Gasteiger partial charge in [-0.05, 0) is 47.9 Å². The van der Waals surface area contributed by atoms with Crippen molar-refractivity contribution in [3.05, 3.63) is 113 Å². The van der Waals surface area contributed by atoms with Crippen molar-refractivity contribution in [2.45, 2.75) is 19.4 Å². The number of aromatic hydroxyl groups is 1. The molecular weight excluding hydrogens is 332 g/mol. The lowest BCUT2D eigenvalue weighted by Gasteiger charge is -2.31. The van der Waals surface area contributed by atoms with Crippen LogP contribution in [-0.4, -0.2) is 10.2 Å². The lowest BCUT2D eigenvalue weighted by atomic mass is 9.79. The molecular formula is C25H22O2. The zero-order chi connectivity index (χ0) is 19.0. The summed E-state index contributed by atoms with van der Waals surface area (Å²) >= 11 is 0. The first kappa shape index (κ1) is 17.3. The van der Waals surface area contributed by atoms with Crippen LogP contribution in [-0.2, 0) is 5.60 Å². The van der Waals surface area contributed by atoms with Gasteiger partial charge in [0.2, 0.25) is 0 Å². The Balaban J connectivity index is 2.02. The average molecular weight is 354 g/mol. The molecule has 134 valence electrons. The monoisotopic (exact) mass is 354 g/mol. The molecule has 4 aromatic carbocycles. The normalized spacial score (nSPS) is 11.7. The van der Waals surface area contributed by atoms with E-state index < -0.39 is 5.60 Å². The molecule has 0 aliphatic carbocycles. The summed E-state index contributed by atoms with van der Waals surface area (Å²) in [6.45, 7) is 4.03. The van der Waals surface area contributed by atoms with Crippen LogP contribution in [0.25, 0.3) is 10.8 Å². The Morgan fingerprint density at radius 1 is 0.630 bits per heavy atom. The van der Waals surface area contributed by atoms with Gasteiger partial charge in [-0.25, -0.2) is 0 Å². The quantitative estimate of drug-likeness (QED) is 0.481. The number of aliphatic hydroxyl groups is 1. The van der Waals surface area contributed by atoms with E-state index in [1.54, 1.807) is 6.07 Å². The van der Waals surface area contributed by atoms with Crippen LogP contribution in [0.15, 0.2) is 84.9 Å². The van der Waals surface area contributed by atoms with Crippen molar-refractivity contribution in [2.24, 2.45) is 0 Å². The van der Waals surface area contributed by atoms with Gasteiger partial charge in [0, 0.05) is 5.56 Å². The van der Waals surface area contributed by atoms with E-state index in [2.05, 4.69) is 0 Å². The summed E-state index contributed by atoms with van der Waals surface area (Å²) in [6, 6.07) is 27.0. The minimum Gasteiger partial charge on any atom is -0.508 e. The smallest absolute Gasteiger partial charge is 0.144 e. The highest BCUT2D eigenvalue weighted by Crippen LogP contribution is 2.42. The van der Waals surface area contributed by atoms with Crippen LogP contribution in [0.3, 0.4) is 0 Å². The predicted octanol–water partition coefficient (Wildman–Crippen LogP) is 5.45. The van der Waals surface area contributed by atoms with Crippen LogP contribution < -0.4 is 0 Å². The van der Waals surface area contributed by atoms with E-state index >= 15 is 0 Å². The number of phenols is 1. The summed E-state index contributed by atoms with van der Waals surface area (Å²) in [7, 11) is 0. The Labute approximate surface area is 159 Å². The molecule has 0 spiro atoms. The number of hydrogen-bond donors (Lipinski definition) is 2. The van der Waals surface area contributed by atoms with Gasteiger partial charge in [-0.1, -0.05) is 83.9 Å². The average Bonchev–Trinajstić information content (AvgIpc) is 2.68. The first-order valence-corrected chi connectivity index (χ1v) is 9.07. The second kappa shape index (κ2) is 6.57. The fourth-order valence-corrected chi connectivity index (χ4v) is 3.59. The Kier molecular flexibility index (Phi) is 4.21. The van der Waals surface area contributed by atoms with Gasteiger partial charge in [0.1, 0.15) is 11.4 Å². The molecule has 0 saturated heterocycles. The number of benzene rings is 4. The second-order valence-electron chi connectivity index (χ2n) is 7.16. The van der Waals surface area contributed by atoms with Crippen LogP contribution in [0.4, 0.5) is 0 Å². The molecule has 0 aromatic heterocycles. The van der Waals surface area contributed by atoms with Gasteiger partial charge in [-0.2, -0.15) is 0 Å². The first-order chi connectivity index (χ1) is 13.0. The molecule has 0 aliphatic rings. The lowest BCUT2D eigenvalue weighted by Crippen LogP contribution is -2.29. The highest BCUT2D eigenvalue weighted by molar-refractivity contribution is 5.85. The Hall–Kier alpha value is -3.10. The van der Waals surface area contributed by atoms with E-state index in [9.17, 15) is 10.2 Å². The summed E-state index contributed by atoms with van der Waals surface area (Å²) in [4.78, 5) is 0. The summed E-state index contributed by atoms with van der Waals surface area (Å²) in [5.41, 5.74) is 2.72. The summed E-state index contributed by atoms with van der Waals surface area (Å²) in [5, 5.41) is 24.7. The molecule has 0 amide bonds.